The molecule has 11 heteroatoms. The first kappa shape index (κ1) is 19.9. The lowest BCUT2D eigenvalue weighted by atomic mass is 10.2. The Morgan fingerprint density at radius 1 is 1.16 bits per heavy atom. The number of rotatable bonds is 5. The Bertz CT molecular complexity index is 1360. The molecule has 0 radical (unpaired) electrons. The lowest BCUT2D eigenvalue weighted by Crippen LogP contribution is -2.31. The maximum atomic E-state index is 13.3. The molecule has 0 unspecified atom stereocenters. The first-order valence-electron chi connectivity index (χ1n) is 9.09. The molecule has 2 heterocycles. The molecular formula is C20H15FN6O4. The molecular weight excluding hydrogens is 407 g/mol. The summed E-state index contributed by atoms with van der Waals surface area (Å²) in [5.41, 5.74) is 0.888. The van der Waals surface area contributed by atoms with E-state index < -0.39 is 22.2 Å². The van der Waals surface area contributed by atoms with E-state index in [2.05, 4.69) is 15.5 Å². The molecule has 0 fully saturated rings. The molecule has 10 nitrogen and oxygen atoms in total. The van der Waals surface area contributed by atoms with Crippen LogP contribution in [-0.2, 0) is 11.3 Å². The van der Waals surface area contributed by atoms with Crippen LogP contribution in [0.3, 0.4) is 0 Å². The summed E-state index contributed by atoms with van der Waals surface area (Å²) in [6.45, 7) is 1.31. The zero-order valence-electron chi connectivity index (χ0n) is 16.2. The number of non-ortho nitro benzene ring substituents is 1. The second-order valence-electron chi connectivity index (χ2n) is 6.70. The molecule has 156 valence electrons. The predicted octanol–water partition coefficient (Wildman–Crippen LogP) is 2.58. The highest BCUT2D eigenvalue weighted by molar-refractivity contribution is 5.91. The van der Waals surface area contributed by atoms with Gasteiger partial charge in [-0.2, -0.15) is 10.2 Å². The minimum absolute atomic E-state index is 0.106. The Hall–Kier alpha value is -4.41. The normalized spacial score (nSPS) is 10.9. The summed E-state index contributed by atoms with van der Waals surface area (Å²) in [6, 6.07) is 10.8. The maximum Gasteiger partial charge on any atom is 0.293 e. The molecule has 1 N–H and O–H groups in total. The number of nitrogens with one attached hydrogen (secondary N) is 1. The van der Waals surface area contributed by atoms with Crippen LogP contribution in [0.1, 0.15) is 5.69 Å². The van der Waals surface area contributed by atoms with Gasteiger partial charge in [0.1, 0.15) is 17.9 Å². The number of nitro groups is 1. The van der Waals surface area contributed by atoms with Gasteiger partial charge in [0.2, 0.25) is 5.91 Å². The quantitative estimate of drug-likeness (QED) is 0.389. The van der Waals surface area contributed by atoms with Crippen molar-refractivity contribution >= 4 is 28.2 Å². The van der Waals surface area contributed by atoms with Gasteiger partial charge in [-0.05, 0) is 43.3 Å². The number of carbonyl (C=O) groups excluding carboxylic acids is 1. The molecule has 0 saturated carbocycles. The third-order valence-corrected chi connectivity index (χ3v) is 4.59. The van der Waals surface area contributed by atoms with Gasteiger partial charge in [0.05, 0.1) is 22.5 Å². The Labute approximate surface area is 173 Å². The summed E-state index contributed by atoms with van der Waals surface area (Å²) >= 11 is 0. The number of benzene rings is 2. The molecule has 0 atom stereocenters. The van der Waals surface area contributed by atoms with E-state index in [-0.39, 0.29) is 17.7 Å². The highest BCUT2D eigenvalue weighted by atomic mass is 19.1. The first-order chi connectivity index (χ1) is 14.8. The third kappa shape index (κ3) is 3.88. The number of aryl methyl sites for hydroxylation is 1. The van der Waals surface area contributed by atoms with Crippen molar-refractivity contribution in [3.63, 3.8) is 0 Å². The standard InChI is InChI=1S/C20H15FN6O4/c1-12-17-10-22-26(15-6-2-13(21)3-7-15)19(17)20(29)25(24-12)11-18(28)23-14-4-8-16(9-5-14)27(30)31/h2-10H,11H2,1H3,(H,23,28). The average Bonchev–Trinajstić information content (AvgIpc) is 3.19. The van der Waals surface area contributed by atoms with Gasteiger partial charge in [-0.3, -0.25) is 19.7 Å². The van der Waals surface area contributed by atoms with Gasteiger partial charge in [-0.25, -0.2) is 13.8 Å². The molecule has 0 saturated heterocycles. The molecule has 0 aliphatic rings. The number of nitro benzene ring substituents is 1. The minimum Gasteiger partial charge on any atom is -0.324 e. The van der Waals surface area contributed by atoms with E-state index in [1.165, 1.54) is 59.4 Å². The molecule has 0 bridgehead atoms. The summed E-state index contributed by atoms with van der Waals surface area (Å²) in [6.07, 6.45) is 1.49. The van der Waals surface area contributed by atoms with Crippen LogP contribution in [0, 0.1) is 22.9 Å². The van der Waals surface area contributed by atoms with Gasteiger partial charge < -0.3 is 5.32 Å². The van der Waals surface area contributed by atoms with Crippen LogP contribution in [0.15, 0.2) is 59.5 Å². The monoisotopic (exact) mass is 422 g/mol. The highest BCUT2D eigenvalue weighted by Crippen LogP contribution is 2.18. The van der Waals surface area contributed by atoms with Crippen LogP contribution < -0.4 is 10.9 Å². The van der Waals surface area contributed by atoms with Gasteiger partial charge in [0.25, 0.3) is 11.2 Å². The van der Waals surface area contributed by atoms with Crippen LogP contribution in [0.2, 0.25) is 0 Å². The van der Waals surface area contributed by atoms with Crippen molar-refractivity contribution < 1.29 is 14.1 Å². The number of anilines is 1. The lowest BCUT2D eigenvalue weighted by molar-refractivity contribution is -0.384. The average molecular weight is 422 g/mol. The van der Waals surface area contributed by atoms with Crippen LogP contribution in [0.25, 0.3) is 16.6 Å². The molecule has 1 amide bonds. The number of aromatic nitrogens is 4. The first-order valence-corrected chi connectivity index (χ1v) is 9.09. The van der Waals surface area contributed by atoms with Gasteiger partial charge in [-0.1, -0.05) is 0 Å². The van der Waals surface area contributed by atoms with Gasteiger partial charge in [-0.15, -0.1) is 0 Å². The highest BCUT2D eigenvalue weighted by Gasteiger charge is 2.17. The fraction of sp³-hybridized carbons (Fsp3) is 0.100. The van der Waals surface area contributed by atoms with Crippen molar-refractivity contribution in [1.29, 1.82) is 0 Å². The summed E-state index contributed by atoms with van der Waals surface area (Å²) < 4.78 is 15.6. The Morgan fingerprint density at radius 3 is 2.48 bits per heavy atom. The zero-order chi connectivity index (χ0) is 22.1. The van der Waals surface area contributed by atoms with Crippen LogP contribution >= 0.6 is 0 Å². The van der Waals surface area contributed by atoms with E-state index in [1.807, 2.05) is 0 Å². The molecule has 0 aliphatic heterocycles. The van der Waals surface area contributed by atoms with Gasteiger partial charge >= 0.3 is 0 Å². The number of amides is 1. The van der Waals surface area contributed by atoms with Crippen molar-refractivity contribution in [2.45, 2.75) is 13.5 Å². The number of carbonyl (C=O) groups is 1. The number of halogens is 1. The van der Waals surface area contributed by atoms with E-state index in [0.29, 0.717) is 22.5 Å². The zero-order valence-corrected chi connectivity index (χ0v) is 16.2. The van der Waals surface area contributed by atoms with Gasteiger partial charge in [0, 0.05) is 23.2 Å². The summed E-state index contributed by atoms with van der Waals surface area (Å²) in [7, 11) is 0. The molecule has 31 heavy (non-hydrogen) atoms. The van der Waals surface area contributed by atoms with Crippen molar-refractivity contribution in [3.8, 4) is 5.69 Å². The van der Waals surface area contributed by atoms with Crippen LogP contribution in [0.4, 0.5) is 15.8 Å². The maximum absolute atomic E-state index is 13.3. The van der Waals surface area contributed by atoms with E-state index in [0.717, 1.165) is 4.68 Å². The fourth-order valence-corrected chi connectivity index (χ4v) is 3.11. The van der Waals surface area contributed by atoms with Crippen molar-refractivity contribution in [3.05, 3.63) is 86.7 Å². The van der Waals surface area contributed by atoms with Crippen LogP contribution in [0.5, 0.6) is 0 Å². The molecule has 0 spiro atoms. The molecule has 0 aliphatic carbocycles. The summed E-state index contributed by atoms with van der Waals surface area (Å²) in [5, 5.41) is 22.2. The van der Waals surface area contributed by atoms with E-state index in [4.69, 9.17) is 0 Å². The summed E-state index contributed by atoms with van der Waals surface area (Å²) in [5.74, 6) is -0.951. The fourth-order valence-electron chi connectivity index (χ4n) is 3.11. The molecule has 4 rings (SSSR count). The largest absolute Gasteiger partial charge is 0.324 e. The Morgan fingerprint density at radius 2 is 1.84 bits per heavy atom. The van der Waals surface area contributed by atoms with Crippen molar-refractivity contribution in [2.75, 3.05) is 5.32 Å². The SMILES string of the molecule is Cc1nn(CC(=O)Nc2ccc([N+](=O)[O-])cc2)c(=O)c2c1cnn2-c1ccc(F)cc1. The van der Waals surface area contributed by atoms with Crippen molar-refractivity contribution in [2.24, 2.45) is 0 Å². The Balaban J connectivity index is 1.64. The second-order valence-corrected chi connectivity index (χ2v) is 6.70. The number of fused-ring (bicyclic) bond motifs is 1. The molecule has 2 aromatic carbocycles. The lowest BCUT2D eigenvalue weighted by Gasteiger charge is -2.09. The van der Waals surface area contributed by atoms with Crippen molar-refractivity contribution in [1.82, 2.24) is 19.6 Å². The number of nitrogens with zero attached hydrogens (tertiary/aromatic N) is 5. The van der Waals surface area contributed by atoms with Gasteiger partial charge in [0.15, 0.2) is 0 Å². The predicted molar refractivity (Wildman–Crippen MR) is 110 cm³/mol. The Kier molecular flexibility index (Phi) is 4.99. The second kappa shape index (κ2) is 7.78. The number of hydrogen-bond donors (Lipinski definition) is 1. The smallest absolute Gasteiger partial charge is 0.293 e. The summed E-state index contributed by atoms with van der Waals surface area (Å²) in [4.78, 5) is 35.6. The minimum atomic E-state index is -0.544. The number of hydrogen-bond acceptors (Lipinski definition) is 6. The molecule has 2 aromatic heterocycles. The van der Waals surface area contributed by atoms with E-state index >= 15 is 0 Å². The van der Waals surface area contributed by atoms with Crippen LogP contribution in [-0.4, -0.2) is 30.4 Å². The van der Waals surface area contributed by atoms with E-state index in [9.17, 15) is 24.1 Å². The topological polar surface area (TPSA) is 125 Å². The van der Waals surface area contributed by atoms with E-state index in [1.54, 1.807) is 6.92 Å². The third-order valence-electron chi connectivity index (χ3n) is 4.59. The molecule has 4 aromatic rings.